The van der Waals surface area contributed by atoms with Crippen LogP contribution in [0.3, 0.4) is 0 Å². The first kappa shape index (κ1) is 28.4. The highest BCUT2D eigenvalue weighted by Crippen LogP contribution is 2.29. The van der Waals surface area contributed by atoms with Crippen molar-refractivity contribution in [2.75, 3.05) is 12.1 Å². The molecule has 4 aromatic rings. The third-order valence-electron chi connectivity index (χ3n) is 5.80. The minimum atomic E-state index is -2.54. The smallest absolute Gasteiger partial charge is 0.417 e. The van der Waals surface area contributed by atoms with Gasteiger partial charge in [0.1, 0.15) is 17.6 Å². The Labute approximate surface area is 229 Å². The first-order valence-electron chi connectivity index (χ1n) is 11.9. The van der Waals surface area contributed by atoms with Crippen LogP contribution in [0.25, 0.3) is 5.52 Å². The molecule has 4 rings (SSSR count). The standard InChI is InChI=1S/C26H26N5O8P/c1-15-4-5-16(2)21(10-15)29-24-23-17(3)20(12-31(23)28-13-27-24)25(33)30-26(34)38-14-37-22(32)11-18-6-8-19(9-7-18)39-40(35)36/h4-10,12-13,35-36H,11,14H2,1-3H3,(H,27,28,29)(H,30,33,34). The summed E-state index contributed by atoms with van der Waals surface area (Å²) in [6.45, 7) is 4.95. The zero-order chi connectivity index (χ0) is 28.8. The molecule has 0 saturated heterocycles. The Morgan fingerprint density at radius 2 is 1.77 bits per heavy atom. The number of hydrogen-bond acceptors (Lipinski definition) is 11. The van der Waals surface area contributed by atoms with Gasteiger partial charge in [-0.25, -0.2) is 14.3 Å². The summed E-state index contributed by atoms with van der Waals surface area (Å²) in [5.41, 5.74) is 4.78. The fraction of sp³-hybridized carbons (Fsp3) is 0.192. The lowest BCUT2D eigenvalue weighted by Crippen LogP contribution is -2.32. The molecule has 0 atom stereocenters. The van der Waals surface area contributed by atoms with Gasteiger partial charge in [0.05, 0.1) is 12.0 Å². The van der Waals surface area contributed by atoms with Crippen LogP contribution < -0.4 is 15.2 Å². The molecule has 2 amide bonds. The predicted octanol–water partition coefficient (Wildman–Crippen LogP) is 3.60. The number of amides is 2. The highest BCUT2D eigenvalue weighted by Gasteiger charge is 2.21. The average Bonchev–Trinajstić information content (AvgIpc) is 3.24. The van der Waals surface area contributed by atoms with E-state index in [1.165, 1.54) is 29.2 Å². The minimum absolute atomic E-state index is 0.132. The Kier molecular flexibility index (Phi) is 8.90. The van der Waals surface area contributed by atoms with Gasteiger partial charge < -0.3 is 29.1 Å². The number of imide groups is 1. The molecule has 0 fully saturated rings. The van der Waals surface area contributed by atoms with E-state index in [1.807, 2.05) is 32.0 Å². The van der Waals surface area contributed by atoms with Crippen molar-refractivity contribution >= 4 is 43.6 Å². The van der Waals surface area contributed by atoms with Gasteiger partial charge in [0.2, 0.25) is 6.79 Å². The van der Waals surface area contributed by atoms with Crippen molar-refractivity contribution < 1.29 is 38.2 Å². The summed E-state index contributed by atoms with van der Waals surface area (Å²) in [5, 5.41) is 9.56. The Bertz CT molecular complexity index is 1550. The molecule has 208 valence electrons. The number of anilines is 2. The maximum Gasteiger partial charge on any atom is 0.417 e. The molecule has 4 N–H and O–H groups in total. The maximum atomic E-state index is 12.8. The van der Waals surface area contributed by atoms with Gasteiger partial charge in [-0.05, 0) is 61.2 Å². The van der Waals surface area contributed by atoms with Gasteiger partial charge in [-0.3, -0.25) is 14.9 Å². The second kappa shape index (κ2) is 12.5. The summed E-state index contributed by atoms with van der Waals surface area (Å²) < 4.78 is 15.9. The molecule has 0 spiro atoms. The number of rotatable bonds is 9. The third kappa shape index (κ3) is 7.08. The number of fused-ring (bicyclic) bond motifs is 1. The Morgan fingerprint density at radius 1 is 1.02 bits per heavy atom. The van der Waals surface area contributed by atoms with Crippen molar-refractivity contribution in [3.8, 4) is 5.75 Å². The zero-order valence-corrected chi connectivity index (χ0v) is 22.6. The quantitative estimate of drug-likeness (QED) is 0.132. The molecule has 0 aliphatic heterocycles. The highest BCUT2D eigenvalue weighted by molar-refractivity contribution is 7.39. The SMILES string of the molecule is Cc1ccc(C)c(Nc2ncnn3cc(C(=O)NC(=O)OCOC(=O)Cc4ccc(OP(O)O)cc4)c(C)c23)c1. The van der Waals surface area contributed by atoms with Crippen molar-refractivity contribution in [2.45, 2.75) is 27.2 Å². The van der Waals surface area contributed by atoms with Crippen LogP contribution >= 0.6 is 8.60 Å². The van der Waals surface area contributed by atoms with Gasteiger partial charge in [-0.1, -0.05) is 24.3 Å². The summed E-state index contributed by atoms with van der Waals surface area (Å²) in [4.78, 5) is 59.0. The van der Waals surface area contributed by atoms with Gasteiger partial charge in [0.15, 0.2) is 5.82 Å². The topological polar surface area (TPSA) is 174 Å². The molecule has 40 heavy (non-hydrogen) atoms. The number of nitrogens with one attached hydrogen (secondary N) is 2. The lowest BCUT2D eigenvalue weighted by Gasteiger charge is -2.11. The van der Waals surface area contributed by atoms with Crippen LogP contribution in [0.2, 0.25) is 0 Å². The van der Waals surface area contributed by atoms with Crippen molar-refractivity contribution in [2.24, 2.45) is 0 Å². The average molecular weight is 567 g/mol. The molecule has 2 aromatic carbocycles. The maximum absolute atomic E-state index is 12.8. The van der Waals surface area contributed by atoms with E-state index in [2.05, 4.69) is 20.7 Å². The summed E-state index contributed by atoms with van der Waals surface area (Å²) in [5.74, 6) is -0.695. The molecule has 0 aliphatic rings. The summed E-state index contributed by atoms with van der Waals surface area (Å²) in [7, 11) is -2.54. The highest BCUT2D eigenvalue weighted by atomic mass is 31.2. The van der Waals surface area contributed by atoms with E-state index < -0.39 is 33.4 Å². The zero-order valence-electron chi connectivity index (χ0n) is 21.7. The number of alkyl carbamates (subject to hydrolysis) is 1. The number of nitrogens with zero attached hydrogens (tertiary/aromatic N) is 3. The van der Waals surface area contributed by atoms with Crippen LogP contribution in [0.5, 0.6) is 5.75 Å². The second-order valence-corrected chi connectivity index (χ2v) is 9.39. The van der Waals surface area contributed by atoms with Gasteiger partial charge in [0.25, 0.3) is 5.91 Å². The van der Waals surface area contributed by atoms with E-state index in [-0.39, 0.29) is 17.7 Å². The summed E-state index contributed by atoms with van der Waals surface area (Å²) >= 11 is 0. The van der Waals surface area contributed by atoms with Crippen LogP contribution in [-0.4, -0.2) is 49.1 Å². The molecule has 0 aliphatic carbocycles. The number of aryl methyl sites for hydroxylation is 3. The molecule has 0 saturated carbocycles. The Balaban J connectivity index is 1.32. The molecule has 2 aromatic heterocycles. The molecule has 2 heterocycles. The lowest BCUT2D eigenvalue weighted by molar-refractivity contribution is -0.150. The van der Waals surface area contributed by atoms with Crippen LogP contribution in [0.1, 0.15) is 32.6 Å². The fourth-order valence-electron chi connectivity index (χ4n) is 3.80. The number of benzene rings is 2. The Hall–Kier alpha value is -4.58. The van der Waals surface area contributed by atoms with Crippen LogP contribution in [0.4, 0.5) is 16.3 Å². The largest absolute Gasteiger partial charge is 0.428 e. The number of esters is 1. The fourth-order valence-corrected chi connectivity index (χ4v) is 4.11. The monoisotopic (exact) mass is 567 g/mol. The summed E-state index contributed by atoms with van der Waals surface area (Å²) in [6, 6.07) is 12.0. The molecule has 13 nitrogen and oxygen atoms in total. The van der Waals surface area contributed by atoms with Crippen molar-refractivity contribution in [3.05, 3.63) is 82.8 Å². The van der Waals surface area contributed by atoms with Gasteiger partial charge in [-0.2, -0.15) is 5.10 Å². The van der Waals surface area contributed by atoms with E-state index in [4.69, 9.17) is 23.8 Å². The molecular weight excluding hydrogens is 541 g/mol. The molecule has 14 heteroatoms. The van der Waals surface area contributed by atoms with Crippen molar-refractivity contribution in [1.82, 2.24) is 19.9 Å². The predicted molar refractivity (Wildman–Crippen MR) is 144 cm³/mol. The first-order chi connectivity index (χ1) is 19.1. The number of carbonyl (C=O) groups excluding carboxylic acids is 3. The van der Waals surface area contributed by atoms with Crippen molar-refractivity contribution in [1.29, 1.82) is 0 Å². The van der Waals surface area contributed by atoms with Crippen LogP contribution in [-0.2, 0) is 20.7 Å². The second-order valence-electron chi connectivity index (χ2n) is 8.70. The van der Waals surface area contributed by atoms with Crippen LogP contribution in [0.15, 0.2) is 55.0 Å². The van der Waals surface area contributed by atoms with E-state index in [0.29, 0.717) is 22.5 Å². The summed E-state index contributed by atoms with van der Waals surface area (Å²) in [6.07, 6.45) is 1.60. The molecule has 0 unspecified atom stereocenters. The first-order valence-corrected chi connectivity index (χ1v) is 13.0. The Morgan fingerprint density at radius 3 is 2.50 bits per heavy atom. The number of hydrogen-bond donors (Lipinski definition) is 4. The number of aromatic nitrogens is 3. The lowest BCUT2D eigenvalue weighted by atomic mass is 10.1. The number of carbonyl (C=O) groups is 3. The van der Waals surface area contributed by atoms with Crippen LogP contribution in [0, 0.1) is 20.8 Å². The normalized spacial score (nSPS) is 10.8. The van der Waals surface area contributed by atoms with E-state index in [1.54, 1.807) is 19.1 Å². The van der Waals surface area contributed by atoms with E-state index in [9.17, 15) is 14.4 Å². The van der Waals surface area contributed by atoms with E-state index in [0.717, 1.165) is 16.8 Å². The molecule has 0 bridgehead atoms. The minimum Gasteiger partial charge on any atom is -0.428 e. The molecular formula is C26H26N5O8P. The van der Waals surface area contributed by atoms with Gasteiger partial charge >= 0.3 is 20.7 Å². The molecule has 0 radical (unpaired) electrons. The third-order valence-corrected chi connectivity index (χ3v) is 6.18. The van der Waals surface area contributed by atoms with E-state index >= 15 is 0 Å². The van der Waals surface area contributed by atoms with Gasteiger partial charge in [0, 0.05) is 11.9 Å². The van der Waals surface area contributed by atoms with Gasteiger partial charge in [-0.15, -0.1) is 0 Å². The number of ether oxygens (including phenoxy) is 2. The van der Waals surface area contributed by atoms with Crippen molar-refractivity contribution in [3.63, 3.8) is 0 Å².